The third-order valence-corrected chi connectivity index (χ3v) is 6.19. The van der Waals surface area contributed by atoms with Gasteiger partial charge in [-0.3, -0.25) is 14.6 Å². The standard InChI is InChI=1S/C21H26N4O3/c1-15-19(16(2)28-23-15)20(27)24-11-8-21(9-12-24)7-6-18(26)25(14-21)13-17-5-3-4-10-22-17/h3-5,10H,6-9,11-14H2,1-2H3. The SMILES string of the molecule is Cc1noc(C)c1C(=O)N1CCC2(CCC(=O)N(Cc3ccccn3)C2)CC1. The summed E-state index contributed by atoms with van der Waals surface area (Å²) in [6.07, 6.45) is 5.06. The Labute approximate surface area is 164 Å². The number of amides is 2. The Balaban J connectivity index is 1.42. The Hall–Kier alpha value is -2.70. The first-order chi connectivity index (χ1) is 13.5. The second kappa shape index (κ2) is 7.37. The number of rotatable bonds is 3. The lowest BCUT2D eigenvalue weighted by Crippen LogP contribution is -2.52. The molecule has 0 unspecified atom stereocenters. The molecule has 28 heavy (non-hydrogen) atoms. The molecule has 0 radical (unpaired) electrons. The molecule has 2 aliphatic heterocycles. The Morgan fingerprint density at radius 2 is 2.00 bits per heavy atom. The lowest BCUT2D eigenvalue weighted by Gasteiger charge is -2.47. The number of likely N-dealkylation sites (tertiary alicyclic amines) is 2. The Morgan fingerprint density at radius 3 is 2.64 bits per heavy atom. The molecule has 0 atom stereocenters. The summed E-state index contributed by atoms with van der Waals surface area (Å²) in [4.78, 5) is 33.5. The molecule has 0 saturated carbocycles. The van der Waals surface area contributed by atoms with Gasteiger partial charge >= 0.3 is 0 Å². The number of aromatic nitrogens is 2. The van der Waals surface area contributed by atoms with E-state index in [-0.39, 0.29) is 17.2 Å². The molecule has 7 heteroatoms. The minimum Gasteiger partial charge on any atom is -0.361 e. The summed E-state index contributed by atoms with van der Waals surface area (Å²) in [5.74, 6) is 0.779. The summed E-state index contributed by atoms with van der Waals surface area (Å²) < 4.78 is 5.15. The lowest BCUT2D eigenvalue weighted by molar-refractivity contribution is -0.139. The summed E-state index contributed by atoms with van der Waals surface area (Å²) >= 11 is 0. The number of hydrogen-bond acceptors (Lipinski definition) is 5. The van der Waals surface area contributed by atoms with E-state index in [0.717, 1.165) is 31.5 Å². The molecule has 0 bridgehead atoms. The highest BCUT2D eigenvalue weighted by Crippen LogP contribution is 2.41. The first-order valence-electron chi connectivity index (χ1n) is 9.87. The number of pyridine rings is 1. The Bertz CT molecular complexity index is 850. The van der Waals surface area contributed by atoms with Crippen LogP contribution in [0.15, 0.2) is 28.9 Å². The van der Waals surface area contributed by atoms with Gasteiger partial charge in [-0.15, -0.1) is 0 Å². The summed E-state index contributed by atoms with van der Waals surface area (Å²) in [7, 11) is 0. The van der Waals surface area contributed by atoms with Crippen LogP contribution >= 0.6 is 0 Å². The molecule has 2 aromatic rings. The predicted octanol–water partition coefficient (Wildman–Crippen LogP) is 2.73. The maximum absolute atomic E-state index is 12.9. The maximum atomic E-state index is 12.9. The van der Waals surface area contributed by atoms with Crippen molar-refractivity contribution in [2.24, 2.45) is 5.41 Å². The number of carbonyl (C=O) groups excluding carboxylic acids is 2. The molecule has 0 N–H and O–H groups in total. The van der Waals surface area contributed by atoms with Gasteiger partial charge in [-0.1, -0.05) is 11.2 Å². The average Bonchev–Trinajstić information content (AvgIpc) is 3.04. The van der Waals surface area contributed by atoms with Gasteiger partial charge in [0.25, 0.3) is 5.91 Å². The molecule has 2 aromatic heterocycles. The van der Waals surface area contributed by atoms with Crippen LogP contribution in [0.3, 0.4) is 0 Å². The molecule has 148 valence electrons. The van der Waals surface area contributed by atoms with Gasteiger partial charge in [0.05, 0.1) is 17.9 Å². The van der Waals surface area contributed by atoms with Crippen molar-refractivity contribution in [1.82, 2.24) is 19.9 Å². The minimum absolute atomic E-state index is 0.00308. The number of aryl methyl sites for hydroxylation is 2. The lowest BCUT2D eigenvalue weighted by atomic mass is 9.72. The van der Waals surface area contributed by atoms with Crippen LogP contribution in [0.5, 0.6) is 0 Å². The van der Waals surface area contributed by atoms with Crippen molar-refractivity contribution in [2.75, 3.05) is 19.6 Å². The van der Waals surface area contributed by atoms with Gasteiger partial charge in [0, 0.05) is 32.3 Å². The molecule has 2 saturated heterocycles. The molecular weight excluding hydrogens is 356 g/mol. The largest absolute Gasteiger partial charge is 0.361 e. The van der Waals surface area contributed by atoms with Gasteiger partial charge < -0.3 is 14.3 Å². The second-order valence-corrected chi connectivity index (χ2v) is 8.06. The van der Waals surface area contributed by atoms with Crippen LogP contribution < -0.4 is 0 Å². The van der Waals surface area contributed by atoms with Crippen molar-refractivity contribution < 1.29 is 14.1 Å². The third-order valence-electron chi connectivity index (χ3n) is 6.19. The molecule has 2 aliphatic rings. The first-order valence-corrected chi connectivity index (χ1v) is 9.87. The molecular formula is C21H26N4O3. The van der Waals surface area contributed by atoms with Gasteiger partial charge in [-0.25, -0.2) is 0 Å². The zero-order valence-electron chi connectivity index (χ0n) is 16.5. The first kappa shape index (κ1) is 18.7. The van der Waals surface area contributed by atoms with Crippen molar-refractivity contribution in [3.05, 3.63) is 47.1 Å². The monoisotopic (exact) mass is 382 g/mol. The van der Waals surface area contributed by atoms with E-state index in [9.17, 15) is 9.59 Å². The molecule has 4 heterocycles. The molecule has 0 aliphatic carbocycles. The minimum atomic E-state index is 0.00308. The molecule has 2 fully saturated rings. The Kier molecular flexibility index (Phi) is 4.91. The van der Waals surface area contributed by atoms with E-state index in [0.29, 0.717) is 43.1 Å². The van der Waals surface area contributed by atoms with Crippen molar-refractivity contribution >= 4 is 11.8 Å². The highest BCUT2D eigenvalue weighted by Gasteiger charge is 2.42. The summed E-state index contributed by atoms with van der Waals surface area (Å²) in [6.45, 7) is 6.29. The van der Waals surface area contributed by atoms with Gasteiger partial charge in [-0.2, -0.15) is 0 Å². The average molecular weight is 382 g/mol. The van der Waals surface area contributed by atoms with Gasteiger partial charge in [0.2, 0.25) is 5.91 Å². The summed E-state index contributed by atoms with van der Waals surface area (Å²) in [5, 5.41) is 3.90. The molecule has 0 aromatic carbocycles. The molecule has 4 rings (SSSR count). The summed E-state index contributed by atoms with van der Waals surface area (Å²) in [5.41, 5.74) is 2.25. The zero-order valence-corrected chi connectivity index (χ0v) is 16.5. The van der Waals surface area contributed by atoms with Crippen molar-refractivity contribution in [3.63, 3.8) is 0 Å². The predicted molar refractivity (Wildman–Crippen MR) is 102 cm³/mol. The van der Waals surface area contributed by atoms with Crippen molar-refractivity contribution in [2.45, 2.75) is 46.1 Å². The van der Waals surface area contributed by atoms with Gasteiger partial charge in [-0.05, 0) is 50.7 Å². The second-order valence-electron chi connectivity index (χ2n) is 8.06. The van der Waals surface area contributed by atoms with E-state index in [4.69, 9.17) is 4.52 Å². The Morgan fingerprint density at radius 1 is 1.21 bits per heavy atom. The van der Waals surface area contributed by atoms with Gasteiger partial charge in [0.1, 0.15) is 11.3 Å². The van der Waals surface area contributed by atoms with Crippen molar-refractivity contribution in [3.8, 4) is 0 Å². The number of nitrogens with zero attached hydrogens (tertiary/aromatic N) is 4. The fourth-order valence-corrected chi connectivity index (χ4v) is 4.47. The van der Waals surface area contributed by atoms with E-state index >= 15 is 0 Å². The highest BCUT2D eigenvalue weighted by atomic mass is 16.5. The van der Waals surface area contributed by atoms with Crippen molar-refractivity contribution in [1.29, 1.82) is 0 Å². The molecule has 7 nitrogen and oxygen atoms in total. The van der Waals surface area contributed by atoms with Crippen LogP contribution in [-0.4, -0.2) is 51.4 Å². The van der Waals surface area contributed by atoms with E-state index < -0.39 is 0 Å². The topological polar surface area (TPSA) is 79.5 Å². The fraction of sp³-hybridized carbons (Fsp3) is 0.524. The van der Waals surface area contributed by atoms with Crippen LogP contribution in [-0.2, 0) is 11.3 Å². The smallest absolute Gasteiger partial charge is 0.259 e. The van der Waals surface area contributed by atoms with Gasteiger partial charge in [0.15, 0.2) is 0 Å². The maximum Gasteiger partial charge on any atom is 0.259 e. The van der Waals surface area contributed by atoms with Crippen LogP contribution in [0, 0.1) is 19.3 Å². The van der Waals surface area contributed by atoms with E-state index in [1.807, 2.05) is 28.0 Å². The fourth-order valence-electron chi connectivity index (χ4n) is 4.47. The van der Waals surface area contributed by atoms with Crippen LogP contribution in [0.2, 0.25) is 0 Å². The van der Waals surface area contributed by atoms with Crippen LogP contribution in [0.1, 0.15) is 53.2 Å². The van der Waals surface area contributed by atoms with E-state index in [1.54, 1.807) is 20.0 Å². The summed E-state index contributed by atoms with van der Waals surface area (Å²) in [6, 6.07) is 5.79. The highest BCUT2D eigenvalue weighted by molar-refractivity contribution is 5.96. The van der Waals surface area contributed by atoms with Crippen LogP contribution in [0.25, 0.3) is 0 Å². The van der Waals surface area contributed by atoms with Crippen LogP contribution in [0.4, 0.5) is 0 Å². The molecule has 2 amide bonds. The molecule has 1 spiro atoms. The van der Waals surface area contributed by atoms with E-state index in [1.165, 1.54) is 0 Å². The number of hydrogen-bond donors (Lipinski definition) is 0. The number of piperidine rings is 2. The number of carbonyl (C=O) groups is 2. The third kappa shape index (κ3) is 3.53. The normalized spacial score (nSPS) is 19.3. The zero-order chi connectivity index (χ0) is 19.7. The van der Waals surface area contributed by atoms with E-state index in [2.05, 4.69) is 10.1 Å². The quantitative estimate of drug-likeness (QED) is 0.815.